The molecule has 0 radical (unpaired) electrons. The summed E-state index contributed by atoms with van der Waals surface area (Å²) < 4.78 is 27.3. The Morgan fingerprint density at radius 3 is 2.91 bits per heavy atom. The Labute approximate surface area is 133 Å². The molecule has 1 aromatic carbocycles. The number of benzene rings is 1. The molecule has 1 aromatic rings. The SMILES string of the molecule is C[C@H](CNS(=O)(=O)c1cccc(C#N)c1)N1CCCC[C@@H]1C. The van der Waals surface area contributed by atoms with Crippen molar-refractivity contribution in [1.29, 1.82) is 5.26 Å². The lowest BCUT2D eigenvalue weighted by Gasteiger charge is -2.38. The molecule has 120 valence electrons. The molecule has 0 aromatic heterocycles. The molecule has 6 heteroatoms. The van der Waals surface area contributed by atoms with Crippen LogP contribution in [0.15, 0.2) is 29.2 Å². The first-order chi connectivity index (χ1) is 10.4. The zero-order chi connectivity index (χ0) is 16.2. The number of hydrogen-bond acceptors (Lipinski definition) is 4. The predicted octanol–water partition coefficient (Wildman–Crippen LogP) is 2.10. The molecule has 0 saturated carbocycles. The van der Waals surface area contributed by atoms with Gasteiger partial charge in [-0.3, -0.25) is 4.90 Å². The topological polar surface area (TPSA) is 73.2 Å². The third-order valence-corrected chi connectivity index (χ3v) is 5.68. The lowest BCUT2D eigenvalue weighted by Crippen LogP contribution is -2.48. The van der Waals surface area contributed by atoms with E-state index >= 15 is 0 Å². The van der Waals surface area contributed by atoms with Gasteiger partial charge in [-0.25, -0.2) is 13.1 Å². The molecule has 0 bridgehead atoms. The summed E-state index contributed by atoms with van der Waals surface area (Å²) in [6.07, 6.45) is 3.59. The number of hydrogen-bond donors (Lipinski definition) is 1. The van der Waals surface area contributed by atoms with E-state index in [-0.39, 0.29) is 10.9 Å². The van der Waals surface area contributed by atoms with Crippen LogP contribution in [-0.4, -0.2) is 38.5 Å². The number of piperidine rings is 1. The molecule has 0 spiro atoms. The van der Waals surface area contributed by atoms with Crippen molar-refractivity contribution in [1.82, 2.24) is 9.62 Å². The third kappa shape index (κ3) is 4.07. The normalized spacial score (nSPS) is 21.2. The van der Waals surface area contributed by atoms with Gasteiger partial charge in [0.05, 0.1) is 16.5 Å². The first-order valence-corrected chi connectivity index (χ1v) is 9.18. The molecule has 1 fully saturated rings. The number of rotatable bonds is 5. The first kappa shape index (κ1) is 16.9. The smallest absolute Gasteiger partial charge is 0.240 e. The van der Waals surface area contributed by atoms with Gasteiger partial charge in [0.1, 0.15) is 0 Å². The van der Waals surface area contributed by atoms with Crippen molar-refractivity contribution in [2.24, 2.45) is 0 Å². The standard InChI is InChI=1S/C16H23N3O2S/c1-13-6-3-4-9-19(13)14(2)12-18-22(20,21)16-8-5-7-15(10-16)11-17/h5,7-8,10,13-14,18H,3-4,6,9,12H2,1-2H3/t13-,14+/m0/s1. The number of likely N-dealkylation sites (tertiary alicyclic amines) is 1. The maximum absolute atomic E-state index is 12.3. The van der Waals surface area contributed by atoms with Crippen LogP contribution in [0, 0.1) is 11.3 Å². The highest BCUT2D eigenvalue weighted by molar-refractivity contribution is 7.89. The van der Waals surface area contributed by atoms with E-state index in [4.69, 9.17) is 5.26 Å². The molecule has 0 amide bonds. The van der Waals surface area contributed by atoms with E-state index in [9.17, 15) is 8.42 Å². The van der Waals surface area contributed by atoms with E-state index < -0.39 is 10.0 Å². The lowest BCUT2D eigenvalue weighted by molar-refractivity contribution is 0.116. The van der Waals surface area contributed by atoms with Crippen LogP contribution in [0.25, 0.3) is 0 Å². The second-order valence-corrected chi connectivity index (χ2v) is 7.69. The van der Waals surface area contributed by atoms with Gasteiger partial charge < -0.3 is 0 Å². The molecule has 1 saturated heterocycles. The molecule has 22 heavy (non-hydrogen) atoms. The van der Waals surface area contributed by atoms with Crippen molar-refractivity contribution >= 4 is 10.0 Å². The van der Waals surface area contributed by atoms with Crippen LogP contribution in [0.2, 0.25) is 0 Å². The minimum atomic E-state index is -3.57. The van der Waals surface area contributed by atoms with E-state index in [1.54, 1.807) is 12.1 Å². The summed E-state index contributed by atoms with van der Waals surface area (Å²) in [4.78, 5) is 2.50. The summed E-state index contributed by atoms with van der Waals surface area (Å²) in [5, 5.41) is 8.87. The van der Waals surface area contributed by atoms with E-state index in [1.165, 1.54) is 31.4 Å². The molecule has 2 rings (SSSR count). The van der Waals surface area contributed by atoms with Crippen LogP contribution >= 0.6 is 0 Å². The maximum atomic E-state index is 12.3. The maximum Gasteiger partial charge on any atom is 0.240 e. The zero-order valence-corrected chi connectivity index (χ0v) is 13.9. The summed E-state index contributed by atoms with van der Waals surface area (Å²) in [6.45, 7) is 5.65. The Balaban J connectivity index is 2.01. The third-order valence-electron chi connectivity index (χ3n) is 4.26. The molecular formula is C16H23N3O2S. The summed E-state index contributed by atoms with van der Waals surface area (Å²) in [6, 6.07) is 8.71. The average molecular weight is 321 g/mol. The van der Waals surface area contributed by atoms with Gasteiger partial charge in [0.25, 0.3) is 0 Å². The number of nitriles is 1. The number of sulfonamides is 1. The van der Waals surface area contributed by atoms with Crippen molar-refractivity contribution < 1.29 is 8.42 Å². The van der Waals surface area contributed by atoms with Gasteiger partial charge in [-0.05, 0) is 51.4 Å². The Bertz CT molecular complexity index is 652. The summed E-state index contributed by atoms with van der Waals surface area (Å²) in [5.74, 6) is 0. The Morgan fingerprint density at radius 1 is 1.45 bits per heavy atom. The molecule has 2 atom stereocenters. The highest BCUT2D eigenvalue weighted by Crippen LogP contribution is 2.19. The van der Waals surface area contributed by atoms with Crippen LogP contribution in [0.1, 0.15) is 38.7 Å². The zero-order valence-electron chi connectivity index (χ0n) is 13.1. The molecular weight excluding hydrogens is 298 g/mol. The summed E-state index contributed by atoms with van der Waals surface area (Å²) >= 11 is 0. The van der Waals surface area contributed by atoms with Crippen LogP contribution in [-0.2, 0) is 10.0 Å². The Hall–Kier alpha value is -1.42. The van der Waals surface area contributed by atoms with Crippen molar-refractivity contribution in [2.75, 3.05) is 13.1 Å². The van der Waals surface area contributed by atoms with Crippen molar-refractivity contribution in [3.8, 4) is 6.07 Å². The number of nitrogens with one attached hydrogen (secondary N) is 1. The van der Waals surface area contributed by atoms with Gasteiger partial charge >= 0.3 is 0 Å². The van der Waals surface area contributed by atoms with Crippen molar-refractivity contribution in [2.45, 2.75) is 50.1 Å². The monoisotopic (exact) mass is 321 g/mol. The Kier molecular flexibility index (Phi) is 5.57. The minimum Gasteiger partial charge on any atom is -0.297 e. The molecule has 1 aliphatic heterocycles. The van der Waals surface area contributed by atoms with Crippen LogP contribution < -0.4 is 4.72 Å². The second-order valence-electron chi connectivity index (χ2n) is 5.92. The molecule has 1 N–H and O–H groups in total. The first-order valence-electron chi connectivity index (χ1n) is 7.69. The van der Waals surface area contributed by atoms with E-state index in [2.05, 4.69) is 23.5 Å². The van der Waals surface area contributed by atoms with Crippen LogP contribution in [0.3, 0.4) is 0 Å². The molecule has 0 aliphatic carbocycles. The van der Waals surface area contributed by atoms with E-state index in [0.29, 0.717) is 18.2 Å². The summed E-state index contributed by atoms with van der Waals surface area (Å²) in [5.41, 5.74) is 0.348. The van der Waals surface area contributed by atoms with Gasteiger partial charge in [-0.15, -0.1) is 0 Å². The van der Waals surface area contributed by atoms with Gasteiger partial charge in [-0.2, -0.15) is 5.26 Å². The number of nitrogens with zero attached hydrogens (tertiary/aromatic N) is 2. The predicted molar refractivity (Wildman–Crippen MR) is 85.8 cm³/mol. The van der Waals surface area contributed by atoms with E-state index in [1.807, 2.05) is 6.07 Å². The van der Waals surface area contributed by atoms with Crippen LogP contribution in [0.5, 0.6) is 0 Å². The molecule has 1 aliphatic rings. The fraction of sp³-hybridized carbons (Fsp3) is 0.562. The fourth-order valence-electron chi connectivity index (χ4n) is 2.94. The lowest BCUT2D eigenvalue weighted by atomic mass is 10.0. The van der Waals surface area contributed by atoms with Gasteiger partial charge in [0, 0.05) is 18.6 Å². The highest BCUT2D eigenvalue weighted by atomic mass is 32.2. The average Bonchev–Trinajstić information content (AvgIpc) is 2.53. The van der Waals surface area contributed by atoms with Gasteiger partial charge in [0.15, 0.2) is 0 Å². The largest absolute Gasteiger partial charge is 0.297 e. The van der Waals surface area contributed by atoms with Crippen LogP contribution in [0.4, 0.5) is 0 Å². The Morgan fingerprint density at radius 2 is 2.23 bits per heavy atom. The molecule has 0 unspecified atom stereocenters. The quantitative estimate of drug-likeness (QED) is 0.901. The highest BCUT2D eigenvalue weighted by Gasteiger charge is 2.24. The molecule has 1 heterocycles. The van der Waals surface area contributed by atoms with Gasteiger partial charge in [0.2, 0.25) is 10.0 Å². The second kappa shape index (κ2) is 7.23. The fourth-order valence-corrected chi connectivity index (χ4v) is 4.11. The van der Waals surface area contributed by atoms with E-state index in [0.717, 1.165) is 6.54 Å². The minimum absolute atomic E-state index is 0.144. The van der Waals surface area contributed by atoms with Crippen molar-refractivity contribution in [3.05, 3.63) is 29.8 Å². The van der Waals surface area contributed by atoms with Gasteiger partial charge in [-0.1, -0.05) is 12.5 Å². The summed E-state index contributed by atoms with van der Waals surface area (Å²) in [7, 11) is -3.57. The van der Waals surface area contributed by atoms with Crippen molar-refractivity contribution in [3.63, 3.8) is 0 Å². The molecule has 5 nitrogen and oxygen atoms in total.